The minimum atomic E-state index is -3.63. The number of nitrogens with one attached hydrogen (secondary N) is 1. The van der Waals surface area contributed by atoms with Crippen LogP contribution in [0.25, 0.3) is 0 Å². The topological polar surface area (TPSA) is 67.8 Å². The SMILES string of the molecule is CC(C)Oc1ccc(/C=N/NS(=O)(=O)c2ccccc2)cc1. The molecule has 22 heavy (non-hydrogen) atoms. The van der Waals surface area contributed by atoms with Crippen molar-refractivity contribution in [1.29, 1.82) is 0 Å². The quantitative estimate of drug-likeness (QED) is 0.658. The fourth-order valence-corrected chi connectivity index (χ4v) is 2.54. The first-order valence-corrected chi connectivity index (χ1v) is 8.32. The molecule has 0 aliphatic rings. The molecule has 0 amide bonds. The maximum atomic E-state index is 12.0. The predicted molar refractivity (Wildman–Crippen MR) is 86.6 cm³/mol. The van der Waals surface area contributed by atoms with E-state index in [1.165, 1.54) is 18.3 Å². The van der Waals surface area contributed by atoms with Gasteiger partial charge in [-0.25, -0.2) is 4.83 Å². The van der Waals surface area contributed by atoms with Crippen molar-refractivity contribution in [2.24, 2.45) is 5.10 Å². The molecule has 0 bridgehead atoms. The van der Waals surface area contributed by atoms with E-state index in [-0.39, 0.29) is 11.0 Å². The van der Waals surface area contributed by atoms with Gasteiger partial charge in [0, 0.05) is 0 Å². The minimum absolute atomic E-state index is 0.109. The summed E-state index contributed by atoms with van der Waals surface area (Å²) in [6.45, 7) is 3.90. The van der Waals surface area contributed by atoms with E-state index >= 15 is 0 Å². The molecule has 0 fully saturated rings. The molecule has 0 aromatic heterocycles. The van der Waals surface area contributed by atoms with Crippen LogP contribution < -0.4 is 9.57 Å². The van der Waals surface area contributed by atoms with Gasteiger partial charge in [0.2, 0.25) is 0 Å². The maximum absolute atomic E-state index is 12.0. The summed E-state index contributed by atoms with van der Waals surface area (Å²) in [5.74, 6) is 0.761. The third-order valence-electron chi connectivity index (χ3n) is 2.69. The number of sulfonamides is 1. The Hall–Kier alpha value is -2.34. The highest BCUT2D eigenvalue weighted by Crippen LogP contribution is 2.13. The second-order valence-corrected chi connectivity index (χ2v) is 6.56. The van der Waals surface area contributed by atoms with Crippen molar-refractivity contribution < 1.29 is 13.2 Å². The highest BCUT2D eigenvalue weighted by atomic mass is 32.2. The average Bonchev–Trinajstić information content (AvgIpc) is 2.49. The zero-order valence-corrected chi connectivity index (χ0v) is 13.2. The molecule has 0 aliphatic heterocycles. The molecular weight excluding hydrogens is 300 g/mol. The first kappa shape index (κ1) is 16.0. The van der Waals surface area contributed by atoms with Gasteiger partial charge in [-0.2, -0.15) is 13.5 Å². The summed E-state index contributed by atoms with van der Waals surface area (Å²) in [7, 11) is -3.63. The fraction of sp³-hybridized carbons (Fsp3) is 0.188. The molecule has 116 valence electrons. The van der Waals surface area contributed by atoms with Crippen LogP contribution in [0.1, 0.15) is 19.4 Å². The lowest BCUT2D eigenvalue weighted by Gasteiger charge is -2.09. The number of hydrogen-bond donors (Lipinski definition) is 1. The monoisotopic (exact) mass is 318 g/mol. The molecule has 0 radical (unpaired) electrons. The summed E-state index contributed by atoms with van der Waals surface area (Å²) < 4.78 is 29.4. The van der Waals surface area contributed by atoms with Gasteiger partial charge in [-0.3, -0.25) is 0 Å². The molecule has 0 saturated carbocycles. The second kappa shape index (κ2) is 7.09. The molecule has 0 aliphatic carbocycles. The molecule has 5 nitrogen and oxygen atoms in total. The number of rotatable bonds is 6. The fourth-order valence-electron chi connectivity index (χ4n) is 1.73. The van der Waals surface area contributed by atoms with Crippen molar-refractivity contribution >= 4 is 16.2 Å². The van der Waals surface area contributed by atoms with Gasteiger partial charge in [-0.05, 0) is 55.8 Å². The summed E-state index contributed by atoms with van der Waals surface area (Å²) in [5, 5.41) is 3.78. The van der Waals surface area contributed by atoms with Crippen LogP contribution in [0, 0.1) is 0 Å². The van der Waals surface area contributed by atoms with Crippen LogP contribution in [-0.2, 0) is 10.0 Å². The minimum Gasteiger partial charge on any atom is -0.491 e. The summed E-state index contributed by atoms with van der Waals surface area (Å²) in [4.78, 5) is 2.35. The van der Waals surface area contributed by atoms with Crippen LogP contribution in [-0.4, -0.2) is 20.7 Å². The Bertz CT molecular complexity index is 724. The van der Waals surface area contributed by atoms with Gasteiger partial charge in [0.1, 0.15) is 5.75 Å². The van der Waals surface area contributed by atoms with Crippen LogP contribution in [0.3, 0.4) is 0 Å². The van der Waals surface area contributed by atoms with Crippen LogP contribution in [0.15, 0.2) is 64.6 Å². The van der Waals surface area contributed by atoms with Crippen molar-refractivity contribution in [1.82, 2.24) is 4.83 Å². The summed E-state index contributed by atoms with van der Waals surface area (Å²) in [6.07, 6.45) is 1.55. The molecular formula is C16H18N2O3S. The second-order valence-electron chi connectivity index (χ2n) is 4.90. The van der Waals surface area contributed by atoms with E-state index < -0.39 is 10.0 Å². The lowest BCUT2D eigenvalue weighted by atomic mass is 10.2. The van der Waals surface area contributed by atoms with E-state index in [0.717, 1.165) is 11.3 Å². The number of nitrogens with zero attached hydrogens (tertiary/aromatic N) is 1. The van der Waals surface area contributed by atoms with E-state index in [1.807, 2.05) is 26.0 Å². The third kappa shape index (κ3) is 4.60. The molecule has 1 N–H and O–H groups in total. The molecule has 0 unspecified atom stereocenters. The first-order chi connectivity index (χ1) is 10.5. The van der Waals surface area contributed by atoms with Crippen LogP contribution in [0.5, 0.6) is 5.75 Å². The zero-order chi connectivity index (χ0) is 16.0. The molecule has 2 aromatic carbocycles. The standard InChI is InChI=1S/C16H18N2O3S/c1-13(2)21-15-10-8-14(9-11-15)12-17-18-22(19,20)16-6-4-3-5-7-16/h3-13,18H,1-2H3/b17-12+. The number of benzene rings is 2. The molecule has 0 atom stereocenters. The van der Waals surface area contributed by atoms with Crippen LogP contribution >= 0.6 is 0 Å². The predicted octanol–water partition coefficient (Wildman–Crippen LogP) is 2.79. The van der Waals surface area contributed by atoms with Crippen molar-refractivity contribution in [2.45, 2.75) is 24.8 Å². The van der Waals surface area contributed by atoms with Crippen molar-refractivity contribution in [3.8, 4) is 5.75 Å². The largest absolute Gasteiger partial charge is 0.491 e. The summed E-state index contributed by atoms with van der Waals surface area (Å²) in [5.41, 5.74) is 0.770. The summed E-state index contributed by atoms with van der Waals surface area (Å²) in [6, 6.07) is 15.3. The normalized spacial score (nSPS) is 11.8. The molecule has 6 heteroatoms. The Morgan fingerprint density at radius 1 is 1.05 bits per heavy atom. The van der Waals surface area contributed by atoms with Gasteiger partial charge in [0.15, 0.2) is 0 Å². The Morgan fingerprint density at radius 3 is 2.27 bits per heavy atom. The van der Waals surface area contributed by atoms with E-state index in [4.69, 9.17) is 4.74 Å². The van der Waals surface area contributed by atoms with Gasteiger partial charge in [0.25, 0.3) is 10.0 Å². The lowest BCUT2D eigenvalue weighted by molar-refractivity contribution is 0.242. The van der Waals surface area contributed by atoms with Gasteiger partial charge in [-0.15, -0.1) is 0 Å². The highest BCUT2D eigenvalue weighted by Gasteiger charge is 2.10. The maximum Gasteiger partial charge on any atom is 0.276 e. The zero-order valence-electron chi connectivity index (χ0n) is 12.4. The van der Waals surface area contributed by atoms with Gasteiger partial charge in [0.05, 0.1) is 17.2 Å². The van der Waals surface area contributed by atoms with E-state index in [2.05, 4.69) is 9.93 Å². The molecule has 0 heterocycles. The van der Waals surface area contributed by atoms with E-state index in [1.54, 1.807) is 30.3 Å². The first-order valence-electron chi connectivity index (χ1n) is 6.84. The van der Waals surface area contributed by atoms with Crippen molar-refractivity contribution in [3.63, 3.8) is 0 Å². The van der Waals surface area contributed by atoms with Crippen LogP contribution in [0.2, 0.25) is 0 Å². The Balaban J connectivity index is 2.00. The van der Waals surface area contributed by atoms with E-state index in [9.17, 15) is 8.42 Å². The molecule has 2 rings (SSSR count). The van der Waals surface area contributed by atoms with Gasteiger partial charge < -0.3 is 4.74 Å². The lowest BCUT2D eigenvalue weighted by Crippen LogP contribution is -2.18. The van der Waals surface area contributed by atoms with Gasteiger partial charge in [-0.1, -0.05) is 18.2 Å². The average molecular weight is 318 g/mol. The Morgan fingerprint density at radius 2 is 1.68 bits per heavy atom. The number of hydrazone groups is 1. The molecule has 2 aromatic rings. The third-order valence-corrected chi connectivity index (χ3v) is 3.93. The number of hydrogen-bond acceptors (Lipinski definition) is 4. The van der Waals surface area contributed by atoms with Crippen molar-refractivity contribution in [3.05, 3.63) is 60.2 Å². The summed E-state index contributed by atoms with van der Waals surface area (Å²) >= 11 is 0. The van der Waals surface area contributed by atoms with Gasteiger partial charge >= 0.3 is 0 Å². The van der Waals surface area contributed by atoms with E-state index in [0.29, 0.717) is 0 Å². The molecule has 0 saturated heterocycles. The Kier molecular flexibility index (Phi) is 5.16. The van der Waals surface area contributed by atoms with Crippen LogP contribution in [0.4, 0.5) is 0 Å². The number of ether oxygens (including phenoxy) is 1. The smallest absolute Gasteiger partial charge is 0.276 e. The molecule has 0 spiro atoms. The van der Waals surface area contributed by atoms with Crippen molar-refractivity contribution in [2.75, 3.05) is 0 Å². The Labute approximate surface area is 130 Å². The highest BCUT2D eigenvalue weighted by molar-refractivity contribution is 7.89.